The summed E-state index contributed by atoms with van der Waals surface area (Å²) in [5.41, 5.74) is 0.290. The van der Waals surface area contributed by atoms with Gasteiger partial charge in [0.05, 0.1) is 37.1 Å². The number of ether oxygens (including phenoxy) is 3. The van der Waals surface area contributed by atoms with Crippen LogP contribution in [0.3, 0.4) is 0 Å². The summed E-state index contributed by atoms with van der Waals surface area (Å²) in [7, 11) is -1.11. The Hall–Kier alpha value is -3.71. The van der Waals surface area contributed by atoms with Crippen molar-refractivity contribution >= 4 is 27.4 Å². The van der Waals surface area contributed by atoms with Gasteiger partial charge in [0.1, 0.15) is 6.07 Å². The fourth-order valence-corrected chi connectivity index (χ4v) is 3.48. The number of carbonyl (C=O) groups is 1. The molecule has 9 nitrogen and oxygen atoms in total. The normalized spacial score (nSPS) is 11.2. The van der Waals surface area contributed by atoms with Crippen LogP contribution in [0.2, 0.25) is 0 Å². The highest BCUT2D eigenvalue weighted by molar-refractivity contribution is 7.92. The molecule has 0 radical (unpaired) electrons. The van der Waals surface area contributed by atoms with Crippen LogP contribution >= 0.6 is 0 Å². The van der Waals surface area contributed by atoms with Crippen LogP contribution < -0.4 is 19.5 Å². The van der Waals surface area contributed by atoms with Gasteiger partial charge >= 0.3 is 5.97 Å². The lowest BCUT2D eigenvalue weighted by Gasteiger charge is -2.14. The van der Waals surface area contributed by atoms with Crippen molar-refractivity contribution in [3.05, 3.63) is 54.2 Å². The first-order valence-corrected chi connectivity index (χ1v) is 10.2. The third-order valence-electron chi connectivity index (χ3n) is 3.82. The minimum absolute atomic E-state index is 0.0327. The average Bonchev–Trinajstić information content (AvgIpc) is 2.74. The lowest BCUT2D eigenvalue weighted by Crippen LogP contribution is -2.14. The number of anilines is 2. The van der Waals surface area contributed by atoms with Gasteiger partial charge in [-0.15, -0.1) is 0 Å². The van der Waals surface area contributed by atoms with Gasteiger partial charge < -0.3 is 19.5 Å². The quantitative estimate of drug-likeness (QED) is 0.352. The molecule has 0 spiro atoms. The standard InChI is InChI=1S/C20H21N3O6S/c1-4-29-20(24)14(12-21)13-22-16-7-5-6-8-17(16)23-30(25,26)15-9-10-18(27-2)19(11-15)28-3/h5-11,13,22-23H,4H2,1-3H3/b14-13+. The van der Waals surface area contributed by atoms with Crippen molar-refractivity contribution in [2.24, 2.45) is 0 Å². The number of hydrogen-bond donors (Lipinski definition) is 2. The SMILES string of the molecule is CCOC(=O)/C(C#N)=C/Nc1ccccc1NS(=O)(=O)c1ccc(OC)c(OC)c1. The Kier molecular flexibility index (Phi) is 7.66. The molecule has 0 fully saturated rings. The van der Waals surface area contributed by atoms with E-state index in [1.54, 1.807) is 31.2 Å². The second-order valence-corrected chi connectivity index (χ2v) is 7.38. The Balaban J connectivity index is 2.32. The molecule has 2 N–H and O–H groups in total. The van der Waals surface area contributed by atoms with Crippen LogP contribution in [0.25, 0.3) is 0 Å². The van der Waals surface area contributed by atoms with Crippen LogP contribution in [0.1, 0.15) is 6.92 Å². The first kappa shape index (κ1) is 22.6. The molecule has 0 saturated carbocycles. The average molecular weight is 431 g/mol. The Morgan fingerprint density at radius 2 is 1.77 bits per heavy atom. The molecule has 10 heteroatoms. The summed E-state index contributed by atoms with van der Waals surface area (Å²) in [6.45, 7) is 1.75. The molecule has 158 valence electrons. The number of carbonyl (C=O) groups excluding carboxylic acids is 1. The first-order valence-electron chi connectivity index (χ1n) is 8.74. The largest absolute Gasteiger partial charge is 0.493 e. The van der Waals surface area contributed by atoms with Gasteiger partial charge in [-0.1, -0.05) is 12.1 Å². The summed E-state index contributed by atoms with van der Waals surface area (Å²) in [6, 6.07) is 12.4. The van der Waals surface area contributed by atoms with E-state index in [0.717, 1.165) is 6.20 Å². The summed E-state index contributed by atoms with van der Waals surface area (Å²) in [4.78, 5) is 11.7. The molecule has 2 aromatic carbocycles. The minimum atomic E-state index is -3.97. The zero-order valence-corrected chi connectivity index (χ0v) is 17.4. The van der Waals surface area contributed by atoms with Crippen molar-refractivity contribution in [3.63, 3.8) is 0 Å². The van der Waals surface area contributed by atoms with E-state index in [0.29, 0.717) is 11.4 Å². The summed E-state index contributed by atoms with van der Waals surface area (Å²) >= 11 is 0. The molecule has 2 aromatic rings. The topological polar surface area (TPSA) is 127 Å². The van der Waals surface area contributed by atoms with E-state index in [1.807, 2.05) is 0 Å². The van der Waals surface area contributed by atoms with Crippen LogP contribution in [0.4, 0.5) is 11.4 Å². The third kappa shape index (κ3) is 5.42. The number of benzene rings is 2. The summed E-state index contributed by atoms with van der Waals surface area (Å²) in [5, 5.41) is 11.9. The predicted octanol–water partition coefficient (Wildman–Crippen LogP) is 2.89. The number of hydrogen-bond acceptors (Lipinski definition) is 8. The first-order chi connectivity index (χ1) is 14.4. The van der Waals surface area contributed by atoms with Crippen LogP contribution in [0.15, 0.2) is 59.1 Å². The van der Waals surface area contributed by atoms with Crippen LogP contribution in [0.5, 0.6) is 11.5 Å². The summed E-state index contributed by atoms with van der Waals surface area (Å²) in [5.74, 6) is -0.120. The summed E-state index contributed by atoms with van der Waals surface area (Å²) < 4.78 is 43.2. The molecule has 0 bridgehead atoms. The molecule has 0 aliphatic rings. The number of nitrogens with one attached hydrogen (secondary N) is 2. The second-order valence-electron chi connectivity index (χ2n) is 5.70. The van der Waals surface area contributed by atoms with Gasteiger partial charge in [-0.25, -0.2) is 13.2 Å². The van der Waals surface area contributed by atoms with E-state index in [4.69, 9.17) is 19.5 Å². The van der Waals surface area contributed by atoms with Crippen molar-refractivity contribution in [1.82, 2.24) is 0 Å². The molecule has 0 aromatic heterocycles. The van der Waals surface area contributed by atoms with Crippen LogP contribution in [0, 0.1) is 11.3 Å². The second kappa shape index (κ2) is 10.2. The predicted molar refractivity (Wildman–Crippen MR) is 111 cm³/mol. The molecule has 30 heavy (non-hydrogen) atoms. The fraction of sp³-hybridized carbons (Fsp3) is 0.200. The number of para-hydroxylation sites is 2. The molecule has 0 heterocycles. The minimum Gasteiger partial charge on any atom is -0.493 e. The smallest absolute Gasteiger partial charge is 0.350 e. The number of sulfonamides is 1. The Bertz CT molecular complexity index is 1090. The van der Waals surface area contributed by atoms with E-state index >= 15 is 0 Å². The highest BCUT2D eigenvalue weighted by atomic mass is 32.2. The zero-order chi connectivity index (χ0) is 22.1. The monoisotopic (exact) mass is 431 g/mol. The Morgan fingerprint density at radius 3 is 2.37 bits per heavy atom. The van der Waals surface area contributed by atoms with Gasteiger partial charge in [0.15, 0.2) is 17.1 Å². The van der Waals surface area contributed by atoms with E-state index in [2.05, 4.69) is 10.0 Å². The Morgan fingerprint density at radius 1 is 1.10 bits per heavy atom. The van der Waals surface area contributed by atoms with Crippen molar-refractivity contribution in [3.8, 4) is 17.6 Å². The van der Waals surface area contributed by atoms with E-state index in [-0.39, 0.29) is 28.5 Å². The highest BCUT2D eigenvalue weighted by Crippen LogP contribution is 2.31. The van der Waals surface area contributed by atoms with Gasteiger partial charge in [0, 0.05) is 12.3 Å². The zero-order valence-electron chi connectivity index (χ0n) is 16.6. The molecular weight excluding hydrogens is 410 g/mol. The van der Waals surface area contributed by atoms with Gasteiger partial charge in [-0.2, -0.15) is 5.26 Å². The van der Waals surface area contributed by atoms with E-state index in [9.17, 15) is 13.2 Å². The molecule has 2 rings (SSSR count). The van der Waals surface area contributed by atoms with Crippen molar-refractivity contribution in [2.75, 3.05) is 30.9 Å². The van der Waals surface area contributed by atoms with Crippen LogP contribution in [-0.2, 0) is 19.6 Å². The molecule has 0 amide bonds. The summed E-state index contributed by atoms with van der Waals surface area (Å²) in [6.07, 6.45) is 1.15. The number of nitrogens with zero attached hydrogens (tertiary/aromatic N) is 1. The fourth-order valence-electron chi connectivity index (χ4n) is 2.38. The highest BCUT2D eigenvalue weighted by Gasteiger charge is 2.19. The third-order valence-corrected chi connectivity index (χ3v) is 5.19. The van der Waals surface area contributed by atoms with Crippen molar-refractivity contribution in [2.45, 2.75) is 11.8 Å². The number of esters is 1. The maximum absolute atomic E-state index is 12.8. The molecule has 0 unspecified atom stereocenters. The Labute approximate surface area is 174 Å². The molecule has 0 aliphatic carbocycles. The molecular formula is C20H21N3O6S. The molecule has 0 atom stereocenters. The lowest BCUT2D eigenvalue weighted by molar-refractivity contribution is -0.138. The van der Waals surface area contributed by atoms with Gasteiger partial charge in [-0.05, 0) is 31.2 Å². The maximum atomic E-state index is 12.8. The molecule has 0 aliphatic heterocycles. The van der Waals surface area contributed by atoms with E-state index in [1.165, 1.54) is 38.5 Å². The van der Waals surface area contributed by atoms with Crippen molar-refractivity contribution in [1.29, 1.82) is 5.26 Å². The lowest BCUT2D eigenvalue weighted by atomic mass is 10.2. The van der Waals surface area contributed by atoms with Crippen LogP contribution in [-0.4, -0.2) is 35.2 Å². The number of methoxy groups -OCH3 is 2. The van der Waals surface area contributed by atoms with Gasteiger partial charge in [0.2, 0.25) is 0 Å². The van der Waals surface area contributed by atoms with Gasteiger partial charge in [0.25, 0.3) is 10.0 Å². The van der Waals surface area contributed by atoms with Gasteiger partial charge in [-0.3, -0.25) is 4.72 Å². The van der Waals surface area contributed by atoms with Crippen molar-refractivity contribution < 1.29 is 27.4 Å². The number of nitriles is 1. The molecule has 0 saturated heterocycles. The van der Waals surface area contributed by atoms with E-state index < -0.39 is 16.0 Å². The maximum Gasteiger partial charge on any atom is 0.350 e. The number of rotatable bonds is 9.